The first-order chi connectivity index (χ1) is 13.1. The van der Waals surface area contributed by atoms with Gasteiger partial charge in [-0.3, -0.25) is 19.4 Å². The Balaban J connectivity index is 1.77. The summed E-state index contributed by atoms with van der Waals surface area (Å²) in [6.45, 7) is 0.457. The fourth-order valence-corrected chi connectivity index (χ4v) is 3.33. The lowest BCUT2D eigenvalue weighted by Crippen LogP contribution is -2.38. The zero-order valence-corrected chi connectivity index (χ0v) is 15.1. The molecule has 1 aliphatic rings. The van der Waals surface area contributed by atoms with E-state index in [0.717, 1.165) is 5.56 Å². The molecule has 1 aliphatic heterocycles. The summed E-state index contributed by atoms with van der Waals surface area (Å²) in [6, 6.07) is 18.9. The van der Waals surface area contributed by atoms with Crippen LogP contribution in [0.2, 0.25) is 0 Å². The smallest absolute Gasteiger partial charge is 0.245 e. The van der Waals surface area contributed by atoms with Gasteiger partial charge in [0.15, 0.2) is 5.82 Å². The predicted octanol–water partition coefficient (Wildman–Crippen LogP) is 2.05. The zero-order chi connectivity index (χ0) is 19.0. The minimum absolute atomic E-state index is 0.298. The van der Waals surface area contributed by atoms with Gasteiger partial charge >= 0.3 is 0 Å². The van der Waals surface area contributed by atoms with Crippen LogP contribution in [0, 0.1) is 0 Å². The van der Waals surface area contributed by atoms with Crippen molar-refractivity contribution in [2.75, 3.05) is 23.9 Å². The Morgan fingerprint density at radius 2 is 1.44 bits per heavy atom. The molecule has 0 radical (unpaired) electrons. The van der Waals surface area contributed by atoms with Gasteiger partial charge in [-0.05, 0) is 11.1 Å². The van der Waals surface area contributed by atoms with E-state index < -0.39 is 5.92 Å². The molecule has 1 unspecified atom stereocenters. The molecule has 1 aromatic heterocycles. The molecule has 7 nitrogen and oxygen atoms in total. The molecule has 136 valence electrons. The summed E-state index contributed by atoms with van der Waals surface area (Å²) in [5, 5.41) is 8.36. The lowest BCUT2D eigenvalue weighted by molar-refractivity contribution is -0.128. The Labute approximate surface area is 156 Å². The highest BCUT2D eigenvalue weighted by Crippen LogP contribution is 2.34. The molecular formula is C20H19N5O2. The van der Waals surface area contributed by atoms with Crippen LogP contribution in [0.1, 0.15) is 17.0 Å². The second-order valence-electron chi connectivity index (χ2n) is 6.52. The molecule has 0 aliphatic carbocycles. The highest BCUT2D eigenvalue weighted by molar-refractivity contribution is 6.19. The van der Waals surface area contributed by atoms with Crippen LogP contribution in [-0.2, 0) is 16.1 Å². The fraction of sp³-hybridized carbons (Fsp3) is 0.200. The van der Waals surface area contributed by atoms with Gasteiger partial charge in [0, 0.05) is 14.1 Å². The predicted molar refractivity (Wildman–Crippen MR) is 102 cm³/mol. The first kappa shape index (κ1) is 17.0. The van der Waals surface area contributed by atoms with E-state index in [9.17, 15) is 9.59 Å². The Morgan fingerprint density at radius 3 is 2.11 bits per heavy atom. The molecule has 0 N–H and O–H groups in total. The first-order valence-electron chi connectivity index (χ1n) is 8.65. The van der Waals surface area contributed by atoms with Crippen LogP contribution < -0.4 is 9.80 Å². The molecule has 0 bridgehead atoms. The molecule has 1 atom stereocenters. The van der Waals surface area contributed by atoms with Gasteiger partial charge in [-0.15, -0.1) is 5.10 Å². The number of amides is 2. The van der Waals surface area contributed by atoms with Crippen molar-refractivity contribution in [2.24, 2.45) is 0 Å². The summed E-state index contributed by atoms with van der Waals surface area (Å²) in [7, 11) is 3.29. The number of rotatable bonds is 3. The lowest BCUT2D eigenvalue weighted by atomic mass is 9.97. The maximum atomic E-state index is 13.2. The summed E-state index contributed by atoms with van der Waals surface area (Å²) in [5.41, 5.74) is 1.70. The highest BCUT2D eigenvalue weighted by atomic mass is 16.2. The number of fused-ring (bicyclic) bond motifs is 1. The third-order valence-corrected chi connectivity index (χ3v) is 4.79. The van der Waals surface area contributed by atoms with E-state index in [1.54, 1.807) is 30.9 Å². The largest absolute Gasteiger partial charge is 0.296 e. The Kier molecular flexibility index (Phi) is 4.19. The Morgan fingerprint density at radius 1 is 0.852 bits per heavy atom. The van der Waals surface area contributed by atoms with E-state index in [1.165, 1.54) is 9.80 Å². The molecular weight excluding hydrogens is 342 g/mol. The van der Waals surface area contributed by atoms with Crippen molar-refractivity contribution in [3.8, 4) is 0 Å². The van der Waals surface area contributed by atoms with Crippen molar-refractivity contribution in [2.45, 2.75) is 12.5 Å². The molecule has 2 amide bonds. The maximum Gasteiger partial charge on any atom is 0.245 e. The van der Waals surface area contributed by atoms with Crippen LogP contribution >= 0.6 is 0 Å². The monoisotopic (exact) mass is 361 g/mol. The van der Waals surface area contributed by atoms with Gasteiger partial charge in [0.25, 0.3) is 0 Å². The quantitative estimate of drug-likeness (QED) is 0.670. The third-order valence-electron chi connectivity index (χ3n) is 4.79. The van der Waals surface area contributed by atoms with Gasteiger partial charge in [-0.1, -0.05) is 65.9 Å². The molecule has 0 saturated carbocycles. The van der Waals surface area contributed by atoms with Gasteiger partial charge < -0.3 is 0 Å². The Bertz CT molecular complexity index is 984. The highest BCUT2D eigenvalue weighted by Gasteiger charge is 2.41. The number of carbonyl (C=O) groups is 2. The maximum absolute atomic E-state index is 13.2. The van der Waals surface area contributed by atoms with Crippen LogP contribution in [0.15, 0.2) is 60.7 Å². The molecule has 0 spiro atoms. The number of nitrogens with zero attached hydrogens (tertiary/aromatic N) is 5. The van der Waals surface area contributed by atoms with Crippen LogP contribution in [-0.4, -0.2) is 40.9 Å². The summed E-state index contributed by atoms with van der Waals surface area (Å²) in [4.78, 5) is 29.1. The number of benzene rings is 2. The van der Waals surface area contributed by atoms with E-state index in [0.29, 0.717) is 23.7 Å². The second kappa shape index (κ2) is 6.68. The number of hydrogen-bond acceptors (Lipinski definition) is 4. The minimum atomic E-state index is -0.902. The van der Waals surface area contributed by atoms with Gasteiger partial charge in [-0.2, -0.15) is 0 Å². The second-order valence-corrected chi connectivity index (χ2v) is 6.52. The molecule has 7 heteroatoms. The molecule has 2 aromatic carbocycles. The molecule has 2 heterocycles. The van der Waals surface area contributed by atoms with Gasteiger partial charge in [-0.25, -0.2) is 4.68 Å². The van der Waals surface area contributed by atoms with Crippen molar-refractivity contribution in [1.82, 2.24) is 15.0 Å². The van der Waals surface area contributed by atoms with Crippen LogP contribution in [0.25, 0.3) is 0 Å². The van der Waals surface area contributed by atoms with Gasteiger partial charge in [0.2, 0.25) is 17.6 Å². The van der Waals surface area contributed by atoms with Crippen molar-refractivity contribution in [3.63, 3.8) is 0 Å². The number of anilines is 2. The Hall–Kier alpha value is -3.48. The number of hydrogen-bond donors (Lipinski definition) is 0. The summed E-state index contributed by atoms with van der Waals surface area (Å²) in [5.74, 6) is -0.624. The standard InChI is InChI=1S/C20H19N5O2/c1-23-17-18(25(22-21-17)13-14-9-5-3-6-10-14)24(2)20(27)16(19(23)26)15-11-7-4-8-12-15/h3-12,16H,13H2,1-2H3. The lowest BCUT2D eigenvalue weighted by Gasteiger charge is -2.20. The van der Waals surface area contributed by atoms with Crippen molar-refractivity contribution >= 4 is 23.5 Å². The summed E-state index contributed by atoms with van der Waals surface area (Å²) < 4.78 is 1.65. The van der Waals surface area contributed by atoms with Crippen molar-refractivity contribution < 1.29 is 9.59 Å². The minimum Gasteiger partial charge on any atom is -0.296 e. The van der Waals surface area contributed by atoms with Crippen LogP contribution in [0.4, 0.5) is 11.6 Å². The van der Waals surface area contributed by atoms with Crippen molar-refractivity contribution in [3.05, 3.63) is 71.8 Å². The first-order valence-corrected chi connectivity index (χ1v) is 8.65. The van der Waals surface area contributed by atoms with E-state index in [-0.39, 0.29) is 11.8 Å². The van der Waals surface area contributed by atoms with E-state index in [2.05, 4.69) is 10.3 Å². The molecule has 0 saturated heterocycles. The third kappa shape index (κ3) is 2.87. The van der Waals surface area contributed by atoms with E-state index in [4.69, 9.17) is 0 Å². The topological polar surface area (TPSA) is 71.3 Å². The summed E-state index contributed by atoms with van der Waals surface area (Å²) in [6.07, 6.45) is 0. The van der Waals surface area contributed by atoms with Crippen molar-refractivity contribution in [1.29, 1.82) is 0 Å². The zero-order valence-electron chi connectivity index (χ0n) is 15.1. The molecule has 4 rings (SSSR count). The van der Waals surface area contributed by atoms with Gasteiger partial charge in [0.05, 0.1) is 6.54 Å². The number of likely N-dealkylation sites (N-methyl/N-ethyl adjacent to an activating group) is 2. The number of aromatic nitrogens is 3. The van der Waals surface area contributed by atoms with Crippen LogP contribution in [0.3, 0.4) is 0 Å². The number of carbonyl (C=O) groups excluding carboxylic acids is 2. The van der Waals surface area contributed by atoms with Crippen LogP contribution in [0.5, 0.6) is 0 Å². The molecule has 3 aromatic rings. The van der Waals surface area contributed by atoms with Gasteiger partial charge in [0.1, 0.15) is 5.92 Å². The molecule has 27 heavy (non-hydrogen) atoms. The molecule has 0 fully saturated rings. The average Bonchev–Trinajstić information content (AvgIpc) is 3.09. The van der Waals surface area contributed by atoms with E-state index in [1.807, 2.05) is 48.5 Å². The SMILES string of the molecule is CN1C(=O)C(c2ccccc2)C(=O)N(C)c2c1nnn2Cc1ccccc1. The normalized spacial score (nSPS) is 17.0. The van der Waals surface area contributed by atoms with E-state index >= 15 is 0 Å². The summed E-state index contributed by atoms with van der Waals surface area (Å²) >= 11 is 0. The fourth-order valence-electron chi connectivity index (χ4n) is 3.33. The average molecular weight is 361 g/mol.